The summed E-state index contributed by atoms with van der Waals surface area (Å²) in [6.07, 6.45) is 0.794. The molecule has 0 aliphatic carbocycles. The van der Waals surface area contributed by atoms with Crippen LogP contribution in [0, 0.1) is 12.8 Å². The smallest absolute Gasteiger partial charge is 0.243 e. The fourth-order valence-electron chi connectivity index (χ4n) is 1.87. The molecule has 0 bridgehead atoms. The highest BCUT2D eigenvalue weighted by atomic mass is 35.5. The summed E-state index contributed by atoms with van der Waals surface area (Å²) >= 11 is 5.94. The minimum absolute atomic E-state index is 0.167. The standard InChI is InChI=1S/C14H22ClNO3S/c1-10(2)5-6-16(4)20(18,19)14-8-13(15)7-12(9-17)11(14)3/h7-8,10,17H,5-6,9H2,1-4H3. The molecular formula is C14H22ClNO3S. The van der Waals surface area contributed by atoms with Gasteiger partial charge in [-0.2, -0.15) is 0 Å². The van der Waals surface area contributed by atoms with Crippen LogP contribution in [-0.4, -0.2) is 31.4 Å². The van der Waals surface area contributed by atoms with Gasteiger partial charge in [0.05, 0.1) is 11.5 Å². The zero-order chi connectivity index (χ0) is 15.5. The van der Waals surface area contributed by atoms with Crippen LogP contribution in [0.4, 0.5) is 0 Å². The van der Waals surface area contributed by atoms with Crippen molar-refractivity contribution in [3.05, 3.63) is 28.3 Å². The highest BCUT2D eigenvalue weighted by molar-refractivity contribution is 7.89. The molecule has 114 valence electrons. The first-order valence-corrected chi connectivity index (χ1v) is 8.38. The van der Waals surface area contributed by atoms with Crippen molar-refractivity contribution in [3.8, 4) is 0 Å². The third-order valence-corrected chi connectivity index (χ3v) is 5.51. The first-order chi connectivity index (χ1) is 9.20. The molecule has 0 atom stereocenters. The molecule has 0 aliphatic heterocycles. The van der Waals surface area contributed by atoms with Crippen LogP contribution >= 0.6 is 11.6 Å². The maximum Gasteiger partial charge on any atom is 0.243 e. The summed E-state index contributed by atoms with van der Waals surface area (Å²) in [4.78, 5) is 0.167. The Kier molecular flexibility index (Phi) is 6.01. The molecule has 0 amide bonds. The van der Waals surface area contributed by atoms with Gasteiger partial charge in [0.1, 0.15) is 0 Å². The molecule has 0 heterocycles. The average molecular weight is 320 g/mol. The maximum atomic E-state index is 12.6. The summed E-state index contributed by atoms with van der Waals surface area (Å²) in [6.45, 7) is 6.01. The number of benzene rings is 1. The molecule has 0 saturated carbocycles. The van der Waals surface area contributed by atoms with E-state index < -0.39 is 10.0 Å². The summed E-state index contributed by atoms with van der Waals surface area (Å²) in [5.74, 6) is 0.432. The van der Waals surface area contributed by atoms with Crippen molar-refractivity contribution in [2.24, 2.45) is 5.92 Å². The molecule has 1 aromatic carbocycles. The van der Waals surface area contributed by atoms with Crippen LogP contribution in [0.3, 0.4) is 0 Å². The van der Waals surface area contributed by atoms with Crippen molar-refractivity contribution in [2.45, 2.75) is 38.7 Å². The molecule has 0 radical (unpaired) electrons. The lowest BCUT2D eigenvalue weighted by atomic mass is 10.1. The monoisotopic (exact) mass is 319 g/mol. The molecular weight excluding hydrogens is 298 g/mol. The van der Waals surface area contributed by atoms with Crippen LogP contribution in [0.2, 0.25) is 5.02 Å². The van der Waals surface area contributed by atoms with Crippen molar-refractivity contribution in [1.29, 1.82) is 0 Å². The van der Waals surface area contributed by atoms with Crippen LogP contribution in [0.15, 0.2) is 17.0 Å². The summed E-state index contributed by atoms with van der Waals surface area (Å²) in [5.41, 5.74) is 1.08. The number of halogens is 1. The minimum Gasteiger partial charge on any atom is -0.392 e. The van der Waals surface area contributed by atoms with E-state index in [0.29, 0.717) is 28.6 Å². The largest absolute Gasteiger partial charge is 0.392 e. The minimum atomic E-state index is -3.58. The number of aliphatic hydroxyl groups excluding tert-OH is 1. The molecule has 0 spiro atoms. The average Bonchev–Trinajstić information content (AvgIpc) is 2.37. The van der Waals surface area contributed by atoms with Gasteiger partial charge >= 0.3 is 0 Å². The second kappa shape index (κ2) is 6.89. The summed E-state index contributed by atoms with van der Waals surface area (Å²) in [6, 6.07) is 3.03. The van der Waals surface area contributed by atoms with E-state index in [1.807, 2.05) is 0 Å². The molecule has 1 aromatic rings. The van der Waals surface area contributed by atoms with Gasteiger partial charge in [-0.1, -0.05) is 25.4 Å². The molecule has 4 nitrogen and oxygen atoms in total. The van der Waals surface area contributed by atoms with E-state index in [1.165, 1.54) is 10.4 Å². The van der Waals surface area contributed by atoms with E-state index in [4.69, 9.17) is 11.6 Å². The Bertz CT molecular complexity index is 570. The number of hydrogen-bond acceptors (Lipinski definition) is 3. The van der Waals surface area contributed by atoms with E-state index in [9.17, 15) is 13.5 Å². The van der Waals surface area contributed by atoms with Gasteiger partial charge in [0.25, 0.3) is 0 Å². The second-order valence-electron chi connectivity index (χ2n) is 5.36. The topological polar surface area (TPSA) is 57.6 Å². The first-order valence-electron chi connectivity index (χ1n) is 6.56. The molecule has 1 N–H and O–H groups in total. The predicted octanol–water partition coefficient (Wildman–Crippen LogP) is 2.81. The predicted molar refractivity (Wildman–Crippen MR) is 81.4 cm³/mol. The van der Waals surface area contributed by atoms with Gasteiger partial charge in [-0.3, -0.25) is 0 Å². The van der Waals surface area contributed by atoms with Crippen LogP contribution in [0.1, 0.15) is 31.4 Å². The maximum absolute atomic E-state index is 12.6. The van der Waals surface area contributed by atoms with Gasteiger partial charge in [0, 0.05) is 18.6 Å². The van der Waals surface area contributed by atoms with Crippen molar-refractivity contribution in [3.63, 3.8) is 0 Å². The van der Waals surface area contributed by atoms with Crippen molar-refractivity contribution >= 4 is 21.6 Å². The third kappa shape index (κ3) is 3.95. The highest BCUT2D eigenvalue weighted by Gasteiger charge is 2.24. The van der Waals surface area contributed by atoms with E-state index in [0.717, 1.165) is 6.42 Å². The second-order valence-corrected chi connectivity index (χ2v) is 7.81. The van der Waals surface area contributed by atoms with E-state index in [2.05, 4.69) is 13.8 Å². The van der Waals surface area contributed by atoms with Crippen molar-refractivity contribution < 1.29 is 13.5 Å². The zero-order valence-corrected chi connectivity index (χ0v) is 13.9. The lowest BCUT2D eigenvalue weighted by Gasteiger charge is -2.20. The van der Waals surface area contributed by atoms with Gasteiger partial charge in [-0.05, 0) is 42.5 Å². The molecule has 1 rings (SSSR count). The Morgan fingerprint density at radius 3 is 2.45 bits per heavy atom. The summed E-state index contributed by atoms with van der Waals surface area (Å²) in [5, 5.41) is 9.60. The number of hydrogen-bond donors (Lipinski definition) is 1. The van der Waals surface area contributed by atoms with Crippen molar-refractivity contribution in [1.82, 2.24) is 4.31 Å². The molecule has 0 aromatic heterocycles. The van der Waals surface area contributed by atoms with Crippen LogP contribution < -0.4 is 0 Å². The van der Waals surface area contributed by atoms with Gasteiger partial charge in [0.15, 0.2) is 0 Å². The highest BCUT2D eigenvalue weighted by Crippen LogP contribution is 2.26. The van der Waals surface area contributed by atoms with E-state index in [1.54, 1.807) is 20.0 Å². The Balaban J connectivity index is 3.18. The Labute approximate surface area is 126 Å². The van der Waals surface area contributed by atoms with Crippen molar-refractivity contribution in [2.75, 3.05) is 13.6 Å². The number of nitrogens with zero attached hydrogens (tertiary/aromatic N) is 1. The molecule has 0 aliphatic rings. The van der Waals surface area contributed by atoms with Gasteiger partial charge in [-0.15, -0.1) is 0 Å². The van der Waals surface area contributed by atoms with Gasteiger partial charge < -0.3 is 5.11 Å². The third-order valence-electron chi connectivity index (χ3n) is 3.31. The quantitative estimate of drug-likeness (QED) is 0.877. The fraction of sp³-hybridized carbons (Fsp3) is 0.571. The summed E-state index contributed by atoms with van der Waals surface area (Å²) in [7, 11) is -2.02. The lowest BCUT2D eigenvalue weighted by Crippen LogP contribution is -2.29. The molecule has 0 saturated heterocycles. The molecule has 0 fully saturated rings. The van der Waals surface area contributed by atoms with Crippen LogP contribution in [0.25, 0.3) is 0 Å². The zero-order valence-electron chi connectivity index (χ0n) is 12.4. The molecule has 6 heteroatoms. The number of sulfonamides is 1. The SMILES string of the molecule is Cc1c(CO)cc(Cl)cc1S(=O)(=O)N(C)CCC(C)C. The number of rotatable bonds is 6. The normalized spacial score (nSPS) is 12.4. The van der Waals surface area contributed by atoms with Crippen LogP contribution in [0.5, 0.6) is 0 Å². The Morgan fingerprint density at radius 1 is 1.35 bits per heavy atom. The Morgan fingerprint density at radius 2 is 1.95 bits per heavy atom. The van der Waals surface area contributed by atoms with E-state index in [-0.39, 0.29) is 11.5 Å². The van der Waals surface area contributed by atoms with Gasteiger partial charge in [0.2, 0.25) is 10.0 Å². The number of aliphatic hydroxyl groups is 1. The molecule has 0 unspecified atom stereocenters. The first kappa shape index (κ1) is 17.4. The lowest BCUT2D eigenvalue weighted by molar-refractivity contribution is 0.280. The van der Waals surface area contributed by atoms with E-state index >= 15 is 0 Å². The Hall–Kier alpha value is -0.620. The van der Waals surface area contributed by atoms with Crippen LogP contribution in [-0.2, 0) is 16.6 Å². The van der Waals surface area contributed by atoms with Gasteiger partial charge in [-0.25, -0.2) is 12.7 Å². The molecule has 20 heavy (non-hydrogen) atoms. The fourth-order valence-corrected chi connectivity index (χ4v) is 3.65. The summed E-state index contributed by atoms with van der Waals surface area (Å²) < 4.78 is 26.5.